The van der Waals surface area contributed by atoms with Gasteiger partial charge in [-0.3, -0.25) is 14.9 Å². The highest BCUT2D eigenvalue weighted by atomic mass is 32.1. The standard InChI is InChI=1S/C13H12N2O3S/c1-9(12-3-2-8-19-12)14-13(16)10-4-6-11(7-5-10)15(17)18/h2-9H,1H3,(H,14,16). The van der Waals surface area contributed by atoms with Gasteiger partial charge in [0.25, 0.3) is 11.6 Å². The van der Waals surface area contributed by atoms with Gasteiger partial charge in [0.2, 0.25) is 0 Å². The molecule has 1 heterocycles. The predicted octanol–water partition coefficient (Wildman–Crippen LogP) is 3.15. The number of thiophene rings is 1. The Balaban J connectivity index is 2.05. The molecule has 6 heteroatoms. The average molecular weight is 276 g/mol. The maximum atomic E-state index is 12.0. The van der Waals surface area contributed by atoms with Gasteiger partial charge in [-0.15, -0.1) is 11.3 Å². The number of hydrogen-bond acceptors (Lipinski definition) is 4. The van der Waals surface area contributed by atoms with Crippen LogP contribution in [0.4, 0.5) is 5.69 Å². The molecule has 1 aromatic heterocycles. The number of nitro benzene ring substituents is 1. The summed E-state index contributed by atoms with van der Waals surface area (Å²) >= 11 is 1.57. The van der Waals surface area contributed by atoms with Crippen LogP contribution in [-0.2, 0) is 0 Å². The smallest absolute Gasteiger partial charge is 0.269 e. The first-order valence-corrected chi connectivity index (χ1v) is 6.54. The zero-order valence-corrected chi connectivity index (χ0v) is 11.0. The number of nitrogens with zero attached hydrogens (tertiary/aromatic N) is 1. The van der Waals surface area contributed by atoms with Crippen LogP contribution in [0.15, 0.2) is 41.8 Å². The van der Waals surface area contributed by atoms with Crippen molar-refractivity contribution in [1.29, 1.82) is 0 Å². The maximum Gasteiger partial charge on any atom is 0.269 e. The number of carbonyl (C=O) groups is 1. The van der Waals surface area contributed by atoms with Gasteiger partial charge >= 0.3 is 0 Å². The van der Waals surface area contributed by atoms with Crippen LogP contribution < -0.4 is 5.32 Å². The Morgan fingerprint density at radius 1 is 1.32 bits per heavy atom. The second-order valence-corrected chi connectivity index (χ2v) is 4.99. The summed E-state index contributed by atoms with van der Waals surface area (Å²) in [6.45, 7) is 1.90. The van der Waals surface area contributed by atoms with E-state index in [9.17, 15) is 14.9 Å². The zero-order chi connectivity index (χ0) is 13.8. The first kappa shape index (κ1) is 13.2. The summed E-state index contributed by atoms with van der Waals surface area (Å²) in [6, 6.07) is 9.35. The molecule has 2 rings (SSSR count). The van der Waals surface area contributed by atoms with Gasteiger partial charge < -0.3 is 5.32 Å². The SMILES string of the molecule is CC(NC(=O)c1ccc([N+](=O)[O-])cc1)c1cccs1. The number of nitro groups is 1. The van der Waals surface area contributed by atoms with Crippen molar-refractivity contribution in [2.24, 2.45) is 0 Å². The summed E-state index contributed by atoms with van der Waals surface area (Å²) in [4.78, 5) is 23.1. The molecule has 1 atom stereocenters. The monoisotopic (exact) mass is 276 g/mol. The molecule has 0 radical (unpaired) electrons. The lowest BCUT2D eigenvalue weighted by atomic mass is 10.2. The third-order valence-electron chi connectivity index (χ3n) is 2.66. The fourth-order valence-corrected chi connectivity index (χ4v) is 2.36. The third-order valence-corrected chi connectivity index (χ3v) is 3.71. The van der Waals surface area contributed by atoms with E-state index in [1.807, 2.05) is 24.4 Å². The van der Waals surface area contributed by atoms with E-state index in [1.54, 1.807) is 11.3 Å². The van der Waals surface area contributed by atoms with E-state index in [0.717, 1.165) is 4.88 Å². The zero-order valence-electron chi connectivity index (χ0n) is 10.2. The van der Waals surface area contributed by atoms with Crippen molar-refractivity contribution in [3.8, 4) is 0 Å². The van der Waals surface area contributed by atoms with Crippen LogP contribution in [-0.4, -0.2) is 10.8 Å². The van der Waals surface area contributed by atoms with Gasteiger partial charge in [-0.05, 0) is 30.5 Å². The fraction of sp³-hybridized carbons (Fsp3) is 0.154. The Morgan fingerprint density at radius 2 is 2.00 bits per heavy atom. The third kappa shape index (κ3) is 3.17. The number of hydrogen-bond donors (Lipinski definition) is 1. The minimum Gasteiger partial charge on any atom is -0.345 e. The van der Waals surface area contributed by atoms with Gasteiger partial charge in [-0.2, -0.15) is 0 Å². The van der Waals surface area contributed by atoms with Gasteiger partial charge in [-0.25, -0.2) is 0 Å². The maximum absolute atomic E-state index is 12.0. The topological polar surface area (TPSA) is 72.2 Å². The van der Waals surface area contributed by atoms with E-state index < -0.39 is 4.92 Å². The van der Waals surface area contributed by atoms with E-state index >= 15 is 0 Å². The summed E-state index contributed by atoms with van der Waals surface area (Å²) in [7, 11) is 0. The molecule has 1 unspecified atom stereocenters. The van der Waals surface area contributed by atoms with Crippen LogP contribution in [0.3, 0.4) is 0 Å². The Hall–Kier alpha value is -2.21. The van der Waals surface area contributed by atoms with Crippen molar-refractivity contribution in [2.75, 3.05) is 0 Å². The van der Waals surface area contributed by atoms with Gasteiger partial charge in [0.1, 0.15) is 0 Å². The molecular weight excluding hydrogens is 264 g/mol. The molecule has 5 nitrogen and oxygen atoms in total. The minimum absolute atomic E-state index is 0.0251. The summed E-state index contributed by atoms with van der Waals surface area (Å²) in [5.74, 6) is -0.240. The molecule has 0 aliphatic carbocycles. The van der Waals surface area contributed by atoms with Crippen LogP contribution >= 0.6 is 11.3 Å². The molecule has 0 saturated heterocycles. The van der Waals surface area contributed by atoms with Crippen LogP contribution in [0.1, 0.15) is 28.2 Å². The number of nitrogens with one attached hydrogen (secondary N) is 1. The largest absolute Gasteiger partial charge is 0.345 e. The first-order valence-electron chi connectivity index (χ1n) is 5.66. The highest BCUT2D eigenvalue weighted by molar-refractivity contribution is 7.10. The molecule has 0 aliphatic rings. The second-order valence-electron chi connectivity index (χ2n) is 4.01. The molecule has 0 aliphatic heterocycles. The van der Waals surface area contributed by atoms with E-state index in [-0.39, 0.29) is 17.6 Å². The molecule has 98 valence electrons. The predicted molar refractivity (Wildman–Crippen MR) is 73.3 cm³/mol. The molecule has 0 spiro atoms. The molecule has 1 aromatic carbocycles. The Bertz CT molecular complexity index is 578. The fourth-order valence-electron chi connectivity index (χ4n) is 1.62. The average Bonchev–Trinajstić information content (AvgIpc) is 2.92. The molecular formula is C13H12N2O3S. The van der Waals surface area contributed by atoms with Crippen LogP contribution in [0, 0.1) is 10.1 Å². The van der Waals surface area contributed by atoms with Crippen molar-refractivity contribution < 1.29 is 9.72 Å². The molecule has 0 bridgehead atoms. The lowest BCUT2D eigenvalue weighted by Gasteiger charge is -2.11. The Kier molecular flexibility index (Phi) is 3.91. The quantitative estimate of drug-likeness (QED) is 0.688. The van der Waals surface area contributed by atoms with Crippen molar-refractivity contribution in [2.45, 2.75) is 13.0 Å². The molecule has 19 heavy (non-hydrogen) atoms. The normalized spacial score (nSPS) is 11.8. The number of benzene rings is 1. The molecule has 0 saturated carbocycles. The first-order chi connectivity index (χ1) is 9.08. The number of non-ortho nitro benzene ring substituents is 1. The van der Waals surface area contributed by atoms with E-state index in [1.165, 1.54) is 24.3 Å². The van der Waals surface area contributed by atoms with Gasteiger partial charge in [-0.1, -0.05) is 6.07 Å². The molecule has 1 N–H and O–H groups in total. The van der Waals surface area contributed by atoms with Gasteiger partial charge in [0.05, 0.1) is 11.0 Å². The number of amides is 1. The van der Waals surface area contributed by atoms with Crippen molar-refractivity contribution >= 4 is 22.9 Å². The summed E-state index contributed by atoms with van der Waals surface area (Å²) in [5, 5.41) is 15.3. The van der Waals surface area contributed by atoms with Crippen molar-refractivity contribution in [3.63, 3.8) is 0 Å². The highest BCUT2D eigenvalue weighted by Gasteiger charge is 2.13. The Morgan fingerprint density at radius 3 is 2.53 bits per heavy atom. The lowest BCUT2D eigenvalue weighted by molar-refractivity contribution is -0.384. The number of rotatable bonds is 4. The summed E-state index contributed by atoms with van der Waals surface area (Å²) in [5.41, 5.74) is 0.386. The minimum atomic E-state index is -0.490. The molecule has 0 fully saturated rings. The van der Waals surface area contributed by atoms with E-state index in [0.29, 0.717) is 5.56 Å². The van der Waals surface area contributed by atoms with Gasteiger partial charge in [0.15, 0.2) is 0 Å². The van der Waals surface area contributed by atoms with Crippen molar-refractivity contribution in [1.82, 2.24) is 5.32 Å². The van der Waals surface area contributed by atoms with E-state index in [4.69, 9.17) is 0 Å². The van der Waals surface area contributed by atoms with Crippen LogP contribution in [0.25, 0.3) is 0 Å². The van der Waals surface area contributed by atoms with Gasteiger partial charge in [0, 0.05) is 22.6 Å². The Labute approximate surface area is 114 Å². The lowest BCUT2D eigenvalue weighted by Crippen LogP contribution is -2.26. The molecule has 2 aromatic rings. The second kappa shape index (κ2) is 5.62. The summed E-state index contributed by atoms with van der Waals surface area (Å²) < 4.78 is 0. The van der Waals surface area contributed by atoms with Crippen molar-refractivity contribution in [3.05, 3.63) is 62.3 Å². The van der Waals surface area contributed by atoms with Crippen LogP contribution in [0.5, 0.6) is 0 Å². The summed E-state index contributed by atoms with van der Waals surface area (Å²) in [6.07, 6.45) is 0. The number of carbonyl (C=O) groups excluding carboxylic acids is 1. The molecule has 1 amide bonds. The highest BCUT2D eigenvalue weighted by Crippen LogP contribution is 2.19. The van der Waals surface area contributed by atoms with Crippen LogP contribution in [0.2, 0.25) is 0 Å². The van der Waals surface area contributed by atoms with E-state index in [2.05, 4.69) is 5.32 Å².